The summed E-state index contributed by atoms with van der Waals surface area (Å²) in [6.45, 7) is 2.27. The van der Waals surface area contributed by atoms with Crippen molar-refractivity contribution in [3.05, 3.63) is 36.5 Å². The molecule has 0 amide bonds. The molecule has 0 heterocycles. The zero-order valence-corrected chi connectivity index (χ0v) is 17.1. The van der Waals surface area contributed by atoms with E-state index in [1.54, 1.807) is 0 Å². The molecule has 0 aromatic rings. The zero-order valence-electron chi connectivity index (χ0n) is 17.1. The number of rotatable bonds is 19. The van der Waals surface area contributed by atoms with E-state index in [4.69, 9.17) is 5.11 Å². The van der Waals surface area contributed by atoms with E-state index >= 15 is 0 Å². The molecule has 1 N–H and O–H groups in total. The number of carboxylic acid groups (broad SMARTS) is 1. The van der Waals surface area contributed by atoms with Gasteiger partial charge in [0.05, 0.1) is 0 Å². The lowest BCUT2D eigenvalue weighted by molar-refractivity contribution is -0.137. The van der Waals surface area contributed by atoms with E-state index in [-0.39, 0.29) is 6.42 Å². The van der Waals surface area contributed by atoms with Crippen LogP contribution in [-0.2, 0) is 4.79 Å². The van der Waals surface area contributed by atoms with Gasteiger partial charge in [0.1, 0.15) is 0 Å². The lowest BCUT2D eigenvalue weighted by Gasteiger charge is -1.98. The fraction of sp³-hybridized carbons (Fsp3) is 0.708. The molecule has 0 atom stereocenters. The van der Waals surface area contributed by atoms with Crippen molar-refractivity contribution in [2.24, 2.45) is 0 Å². The lowest BCUT2D eigenvalue weighted by atomic mass is 10.1. The van der Waals surface area contributed by atoms with Crippen LogP contribution >= 0.6 is 0 Å². The molecule has 0 aromatic carbocycles. The van der Waals surface area contributed by atoms with Gasteiger partial charge >= 0.3 is 5.97 Å². The van der Waals surface area contributed by atoms with Crippen LogP contribution in [0.15, 0.2) is 36.5 Å². The molecule has 0 aliphatic heterocycles. The molecule has 2 heteroatoms. The van der Waals surface area contributed by atoms with Crippen molar-refractivity contribution in [3.8, 4) is 0 Å². The van der Waals surface area contributed by atoms with Crippen molar-refractivity contribution in [2.75, 3.05) is 0 Å². The molecule has 0 radical (unpaired) electrons. The third-order valence-corrected chi connectivity index (χ3v) is 4.48. The Morgan fingerprint density at radius 2 is 0.962 bits per heavy atom. The second-order valence-corrected chi connectivity index (χ2v) is 7.12. The minimum Gasteiger partial charge on any atom is -0.481 e. The lowest BCUT2D eigenvalue weighted by Crippen LogP contribution is -1.92. The van der Waals surface area contributed by atoms with Crippen molar-refractivity contribution >= 4 is 5.97 Å². The highest BCUT2D eigenvalue weighted by molar-refractivity contribution is 5.66. The Bertz CT molecular complexity index is 380. The topological polar surface area (TPSA) is 37.3 Å². The molecule has 0 aliphatic carbocycles. The molecule has 0 spiro atoms. The van der Waals surface area contributed by atoms with Crippen LogP contribution in [0.4, 0.5) is 0 Å². The summed E-state index contributed by atoms with van der Waals surface area (Å²) in [6, 6.07) is 0. The number of hydrogen-bond acceptors (Lipinski definition) is 1. The number of carbonyl (C=O) groups is 1. The Kier molecular flexibility index (Phi) is 20.6. The molecular formula is C24H42O2. The molecule has 0 unspecified atom stereocenters. The van der Waals surface area contributed by atoms with Crippen molar-refractivity contribution in [3.63, 3.8) is 0 Å². The monoisotopic (exact) mass is 362 g/mol. The SMILES string of the molecule is CCCCCCCCC=CCCCCC=CCCC=CCCCC(=O)O. The largest absolute Gasteiger partial charge is 0.481 e. The summed E-state index contributed by atoms with van der Waals surface area (Å²) in [6.07, 6.45) is 32.2. The Hall–Kier alpha value is -1.31. The number of carboxylic acids is 1. The molecule has 2 nitrogen and oxygen atoms in total. The summed E-state index contributed by atoms with van der Waals surface area (Å²) in [7, 11) is 0. The van der Waals surface area contributed by atoms with Gasteiger partial charge < -0.3 is 5.11 Å². The van der Waals surface area contributed by atoms with E-state index in [0.717, 1.165) is 25.7 Å². The third-order valence-electron chi connectivity index (χ3n) is 4.48. The number of hydrogen-bond donors (Lipinski definition) is 1. The Labute approximate surface area is 162 Å². The maximum Gasteiger partial charge on any atom is 0.303 e. The van der Waals surface area contributed by atoms with Gasteiger partial charge in [-0.25, -0.2) is 0 Å². The number of allylic oxidation sites excluding steroid dienone is 6. The fourth-order valence-electron chi connectivity index (χ4n) is 2.84. The summed E-state index contributed by atoms with van der Waals surface area (Å²) in [5, 5.41) is 8.54. The van der Waals surface area contributed by atoms with Gasteiger partial charge in [-0.2, -0.15) is 0 Å². The maximum atomic E-state index is 10.4. The molecule has 0 aliphatic rings. The molecule has 0 saturated heterocycles. The van der Waals surface area contributed by atoms with E-state index in [0.29, 0.717) is 0 Å². The van der Waals surface area contributed by atoms with E-state index in [1.165, 1.54) is 70.6 Å². The standard InChI is InChI=1S/C24H42O2/c1-2-3-4-5-6-7-8-9-10-11-12-13-14-15-16-17-18-19-20-21-22-23-24(25)26/h9-10,15-16,19-20H,2-8,11-14,17-18,21-23H2,1H3,(H,25,26). The van der Waals surface area contributed by atoms with Crippen molar-refractivity contribution in [1.82, 2.24) is 0 Å². The first-order valence-electron chi connectivity index (χ1n) is 10.9. The van der Waals surface area contributed by atoms with E-state index < -0.39 is 5.97 Å². The van der Waals surface area contributed by atoms with Gasteiger partial charge in [0, 0.05) is 6.42 Å². The molecule has 150 valence electrons. The van der Waals surface area contributed by atoms with E-state index in [9.17, 15) is 4.79 Å². The third kappa shape index (κ3) is 22.7. The minimum atomic E-state index is -0.699. The van der Waals surface area contributed by atoms with Gasteiger partial charge in [0.25, 0.3) is 0 Å². The Morgan fingerprint density at radius 1 is 0.577 bits per heavy atom. The molecular weight excluding hydrogens is 320 g/mol. The summed E-state index contributed by atoms with van der Waals surface area (Å²) in [4.78, 5) is 10.4. The fourth-order valence-corrected chi connectivity index (χ4v) is 2.84. The first kappa shape index (κ1) is 24.7. The van der Waals surface area contributed by atoms with Gasteiger partial charge in [-0.1, -0.05) is 75.5 Å². The average molecular weight is 363 g/mol. The van der Waals surface area contributed by atoms with Gasteiger partial charge in [-0.05, 0) is 64.2 Å². The van der Waals surface area contributed by atoms with Crippen molar-refractivity contribution in [1.29, 1.82) is 0 Å². The zero-order chi connectivity index (χ0) is 19.1. The summed E-state index contributed by atoms with van der Waals surface area (Å²) < 4.78 is 0. The van der Waals surface area contributed by atoms with Crippen molar-refractivity contribution < 1.29 is 9.90 Å². The normalized spacial score (nSPS) is 12.0. The minimum absolute atomic E-state index is 0.276. The van der Waals surface area contributed by atoms with Gasteiger partial charge in [0.15, 0.2) is 0 Å². The molecule has 0 rings (SSSR count). The number of unbranched alkanes of at least 4 members (excludes halogenated alkanes) is 11. The second-order valence-electron chi connectivity index (χ2n) is 7.12. The van der Waals surface area contributed by atoms with Crippen LogP contribution in [0.5, 0.6) is 0 Å². The highest BCUT2D eigenvalue weighted by Crippen LogP contribution is 2.08. The molecule has 0 bridgehead atoms. The first-order valence-corrected chi connectivity index (χ1v) is 10.9. The van der Waals surface area contributed by atoms with Crippen LogP contribution in [0.1, 0.15) is 110 Å². The quantitative estimate of drug-likeness (QED) is 0.187. The average Bonchev–Trinajstić information content (AvgIpc) is 2.62. The van der Waals surface area contributed by atoms with Crippen LogP contribution in [0.25, 0.3) is 0 Å². The van der Waals surface area contributed by atoms with Crippen molar-refractivity contribution in [2.45, 2.75) is 110 Å². The number of aliphatic carboxylic acids is 1. The second kappa shape index (κ2) is 21.7. The molecule has 0 saturated carbocycles. The van der Waals surface area contributed by atoms with Crippen LogP contribution in [0.3, 0.4) is 0 Å². The molecule has 0 aromatic heterocycles. The predicted molar refractivity (Wildman–Crippen MR) is 115 cm³/mol. The maximum absolute atomic E-state index is 10.4. The molecule has 26 heavy (non-hydrogen) atoms. The highest BCUT2D eigenvalue weighted by atomic mass is 16.4. The summed E-state index contributed by atoms with van der Waals surface area (Å²) >= 11 is 0. The summed E-state index contributed by atoms with van der Waals surface area (Å²) in [5.74, 6) is -0.699. The Balaban J connectivity index is 3.24. The summed E-state index contributed by atoms with van der Waals surface area (Å²) in [5.41, 5.74) is 0. The van der Waals surface area contributed by atoms with Gasteiger partial charge in [-0.3, -0.25) is 4.79 Å². The van der Waals surface area contributed by atoms with E-state index in [2.05, 4.69) is 43.4 Å². The predicted octanol–water partition coefficient (Wildman–Crippen LogP) is 8.00. The van der Waals surface area contributed by atoms with Crippen LogP contribution < -0.4 is 0 Å². The highest BCUT2D eigenvalue weighted by Gasteiger charge is 1.93. The smallest absolute Gasteiger partial charge is 0.303 e. The molecule has 0 fully saturated rings. The van der Waals surface area contributed by atoms with Crippen LogP contribution in [0, 0.1) is 0 Å². The van der Waals surface area contributed by atoms with Gasteiger partial charge in [-0.15, -0.1) is 0 Å². The first-order chi connectivity index (χ1) is 12.8. The van der Waals surface area contributed by atoms with Crippen LogP contribution in [0.2, 0.25) is 0 Å². The van der Waals surface area contributed by atoms with Gasteiger partial charge in [0.2, 0.25) is 0 Å². The Morgan fingerprint density at radius 3 is 1.46 bits per heavy atom. The van der Waals surface area contributed by atoms with E-state index in [1.807, 2.05) is 0 Å². The van der Waals surface area contributed by atoms with Crippen LogP contribution in [-0.4, -0.2) is 11.1 Å².